The van der Waals surface area contributed by atoms with Gasteiger partial charge in [0.25, 0.3) is 0 Å². The van der Waals surface area contributed by atoms with E-state index in [2.05, 4.69) is 20.8 Å². The van der Waals surface area contributed by atoms with Crippen LogP contribution in [0.15, 0.2) is 10.4 Å². The first-order valence-corrected chi connectivity index (χ1v) is 7.26. The van der Waals surface area contributed by atoms with E-state index in [1.807, 2.05) is 25.8 Å². The van der Waals surface area contributed by atoms with E-state index < -0.39 is 0 Å². The van der Waals surface area contributed by atoms with Gasteiger partial charge in [0.05, 0.1) is 17.2 Å². The highest BCUT2D eigenvalue weighted by molar-refractivity contribution is 7.09. The molecule has 6 nitrogen and oxygen atoms in total. The number of aromatic nitrogens is 1. The fraction of sp³-hybridized carbons (Fsp3) is 0.667. The summed E-state index contributed by atoms with van der Waals surface area (Å²) in [6.07, 6.45) is 0.892. The molecule has 0 spiro atoms. The summed E-state index contributed by atoms with van der Waals surface area (Å²) in [4.78, 5) is 10.8. The SMILES string of the molecule is CCOCCCN=C(NN)N(C)Cc1csc(C)n1. The van der Waals surface area contributed by atoms with Crippen molar-refractivity contribution in [3.63, 3.8) is 0 Å². The maximum atomic E-state index is 5.50. The van der Waals surface area contributed by atoms with Crippen LogP contribution in [0.5, 0.6) is 0 Å². The maximum absolute atomic E-state index is 5.50. The molecule has 0 bridgehead atoms. The summed E-state index contributed by atoms with van der Waals surface area (Å²) in [5, 5.41) is 3.12. The van der Waals surface area contributed by atoms with Crippen LogP contribution in [0.1, 0.15) is 24.0 Å². The molecule has 19 heavy (non-hydrogen) atoms. The smallest absolute Gasteiger partial charge is 0.208 e. The van der Waals surface area contributed by atoms with Gasteiger partial charge < -0.3 is 9.64 Å². The van der Waals surface area contributed by atoms with Crippen LogP contribution in [-0.2, 0) is 11.3 Å². The number of aliphatic imine (C=N–C) groups is 1. The molecule has 0 aliphatic carbocycles. The summed E-state index contributed by atoms with van der Waals surface area (Å²) in [7, 11) is 1.94. The summed E-state index contributed by atoms with van der Waals surface area (Å²) < 4.78 is 5.26. The molecule has 1 aromatic rings. The molecule has 0 saturated heterocycles. The Hall–Kier alpha value is -1.18. The Morgan fingerprint density at radius 1 is 1.63 bits per heavy atom. The molecule has 1 rings (SSSR count). The van der Waals surface area contributed by atoms with E-state index in [9.17, 15) is 0 Å². The normalized spacial score (nSPS) is 11.7. The molecule has 0 atom stereocenters. The molecule has 1 aromatic heterocycles. The Bertz CT molecular complexity index is 393. The van der Waals surface area contributed by atoms with Crippen LogP contribution in [0.3, 0.4) is 0 Å². The number of nitrogens with zero attached hydrogens (tertiary/aromatic N) is 3. The predicted octanol–water partition coefficient (Wildman–Crippen LogP) is 1.13. The zero-order valence-electron chi connectivity index (χ0n) is 11.8. The van der Waals surface area contributed by atoms with Crippen molar-refractivity contribution >= 4 is 17.3 Å². The second-order valence-corrected chi connectivity index (χ2v) is 5.18. The Labute approximate surface area is 118 Å². The van der Waals surface area contributed by atoms with Gasteiger partial charge in [0.1, 0.15) is 0 Å². The van der Waals surface area contributed by atoms with E-state index in [0.29, 0.717) is 19.0 Å². The summed E-state index contributed by atoms with van der Waals surface area (Å²) in [6.45, 7) is 6.85. The van der Waals surface area contributed by atoms with E-state index in [0.717, 1.165) is 30.3 Å². The van der Waals surface area contributed by atoms with Gasteiger partial charge in [-0.05, 0) is 20.3 Å². The monoisotopic (exact) mass is 285 g/mol. The van der Waals surface area contributed by atoms with E-state index in [1.165, 1.54) is 0 Å². The molecule has 0 aliphatic rings. The van der Waals surface area contributed by atoms with Crippen LogP contribution in [0.25, 0.3) is 0 Å². The van der Waals surface area contributed by atoms with Gasteiger partial charge >= 0.3 is 0 Å². The maximum Gasteiger partial charge on any atom is 0.208 e. The lowest BCUT2D eigenvalue weighted by Crippen LogP contribution is -2.42. The molecule has 0 amide bonds. The fourth-order valence-corrected chi connectivity index (χ4v) is 2.17. The highest BCUT2D eigenvalue weighted by atomic mass is 32.1. The van der Waals surface area contributed by atoms with Gasteiger partial charge in [-0.3, -0.25) is 10.4 Å². The Morgan fingerprint density at radius 3 is 3.00 bits per heavy atom. The van der Waals surface area contributed by atoms with E-state index >= 15 is 0 Å². The van der Waals surface area contributed by atoms with Crippen molar-refractivity contribution in [3.8, 4) is 0 Å². The average molecular weight is 285 g/mol. The molecule has 0 unspecified atom stereocenters. The number of aryl methyl sites for hydroxylation is 1. The number of hydrazine groups is 1. The Balaban J connectivity index is 2.42. The van der Waals surface area contributed by atoms with Gasteiger partial charge in [0.15, 0.2) is 0 Å². The van der Waals surface area contributed by atoms with Crippen molar-refractivity contribution in [1.29, 1.82) is 0 Å². The van der Waals surface area contributed by atoms with Gasteiger partial charge in [-0.15, -0.1) is 11.3 Å². The third kappa shape index (κ3) is 6.00. The Morgan fingerprint density at radius 2 is 2.42 bits per heavy atom. The van der Waals surface area contributed by atoms with Crippen LogP contribution in [0.4, 0.5) is 0 Å². The average Bonchev–Trinajstić information content (AvgIpc) is 2.79. The molecule has 7 heteroatoms. The minimum absolute atomic E-state index is 0.669. The van der Waals surface area contributed by atoms with E-state index in [1.54, 1.807) is 11.3 Å². The van der Waals surface area contributed by atoms with Crippen molar-refractivity contribution in [2.24, 2.45) is 10.8 Å². The van der Waals surface area contributed by atoms with Gasteiger partial charge in [-0.1, -0.05) is 0 Å². The number of hydrogen-bond acceptors (Lipinski definition) is 5. The molecule has 0 radical (unpaired) electrons. The third-order valence-electron chi connectivity index (χ3n) is 2.47. The van der Waals surface area contributed by atoms with E-state index in [4.69, 9.17) is 10.6 Å². The van der Waals surface area contributed by atoms with Gasteiger partial charge in [-0.2, -0.15) is 0 Å². The summed E-state index contributed by atoms with van der Waals surface area (Å²) in [5.74, 6) is 6.17. The second-order valence-electron chi connectivity index (χ2n) is 4.11. The molecular weight excluding hydrogens is 262 g/mol. The van der Waals surface area contributed by atoms with Crippen molar-refractivity contribution in [2.45, 2.75) is 26.8 Å². The lowest BCUT2D eigenvalue weighted by Gasteiger charge is -2.19. The topological polar surface area (TPSA) is 75.8 Å². The van der Waals surface area contributed by atoms with Crippen molar-refractivity contribution in [1.82, 2.24) is 15.3 Å². The zero-order valence-corrected chi connectivity index (χ0v) is 12.7. The second kappa shape index (κ2) is 8.84. The summed E-state index contributed by atoms with van der Waals surface area (Å²) >= 11 is 1.65. The van der Waals surface area contributed by atoms with E-state index in [-0.39, 0.29) is 0 Å². The minimum atomic E-state index is 0.669. The molecule has 0 fully saturated rings. The largest absolute Gasteiger partial charge is 0.382 e. The predicted molar refractivity (Wildman–Crippen MR) is 79.1 cm³/mol. The summed E-state index contributed by atoms with van der Waals surface area (Å²) in [5.41, 5.74) is 3.66. The number of ether oxygens (including phenoxy) is 1. The number of guanidine groups is 1. The quantitative estimate of drug-likeness (QED) is 0.258. The molecule has 1 heterocycles. The first kappa shape index (κ1) is 15.9. The molecule has 0 saturated carbocycles. The number of rotatable bonds is 7. The first-order chi connectivity index (χ1) is 9.17. The number of nitrogens with two attached hydrogens (primary N) is 1. The molecule has 0 aromatic carbocycles. The van der Waals surface area contributed by atoms with Gasteiger partial charge in [0, 0.05) is 32.2 Å². The fourth-order valence-electron chi connectivity index (χ4n) is 1.57. The van der Waals surface area contributed by atoms with Crippen LogP contribution < -0.4 is 11.3 Å². The van der Waals surface area contributed by atoms with Crippen molar-refractivity contribution in [3.05, 3.63) is 16.1 Å². The van der Waals surface area contributed by atoms with Crippen LogP contribution in [-0.4, -0.2) is 42.6 Å². The number of nitrogens with one attached hydrogen (secondary N) is 1. The number of thiazole rings is 1. The molecule has 108 valence electrons. The zero-order chi connectivity index (χ0) is 14.1. The molecule has 0 aliphatic heterocycles. The Kier molecular flexibility index (Phi) is 7.39. The third-order valence-corrected chi connectivity index (χ3v) is 3.29. The summed E-state index contributed by atoms with van der Waals surface area (Å²) in [6, 6.07) is 0. The minimum Gasteiger partial charge on any atom is -0.382 e. The highest BCUT2D eigenvalue weighted by Gasteiger charge is 2.07. The first-order valence-electron chi connectivity index (χ1n) is 6.38. The highest BCUT2D eigenvalue weighted by Crippen LogP contribution is 2.09. The van der Waals surface area contributed by atoms with Gasteiger partial charge in [-0.25, -0.2) is 10.8 Å². The lowest BCUT2D eigenvalue weighted by atomic mass is 10.4. The van der Waals surface area contributed by atoms with Gasteiger partial charge in [0.2, 0.25) is 5.96 Å². The molecule has 3 N–H and O–H groups in total. The van der Waals surface area contributed by atoms with Crippen molar-refractivity contribution < 1.29 is 4.74 Å². The van der Waals surface area contributed by atoms with Crippen LogP contribution in [0.2, 0.25) is 0 Å². The standard InChI is InChI=1S/C12H23N5OS/c1-4-18-7-5-6-14-12(16-13)17(3)8-11-9-19-10(2)15-11/h9H,4-8,13H2,1-3H3,(H,14,16). The van der Waals surface area contributed by atoms with Crippen LogP contribution in [0, 0.1) is 6.92 Å². The van der Waals surface area contributed by atoms with Crippen molar-refractivity contribution in [2.75, 3.05) is 26.8 Å². The number of hydrogen-bond donors (Lipinski definition) is 2. The molecular formula is C12H23N5OS. The van der Waals surface area contributed by atoms with Crippen LogP contribution >= 0.6 is 11.3 Å². The lowest BCUT2D eigenvalue weighted by molar-refractivity contribution is 0.146.